The number of hydrogen-bond acceptors (Lipinski definition) is 5. The SMILES string of the molecule is COc1ccc(C2(CNC(=O)Cc3ccc([N+](=O)[O-])cc3)CCOCC2)cc1. The molecule has 1 aliphatic heterocycles. The van der Waals surface area contributed by atoms with Crippen LogP contribution in [0.25, 0.3) is 0 Å². The average molecular weight is 384 g/mol. The highest BCUT2D eigenvalue weighted by atomic mass is 16.6. The minimum atomic E-state index is -0.451. The number of carbonyl (C=O) groups excluding carboxylic acids is 1. The standard InChI is InChI=1S/C21H24N2O5/c1-27-19-8-4-17(5-9-19)21(10-12-28-13-11-21)15-22-20(24)14-16-2-6-18(7-3-16)23(25)26/h2-9H,10-15H2,1H3,(H,22,24). The Morgan fingerprint density at radius 1 is 1.14 bits per heavy atom. The summed E-state index contributed by atoms with van der Waals surface area (Å²) in [5.74, 6) is 0.696. The third kappa shape index (κ3) is 4.67. The van der Waals surface area contributed by atoms with E-state index < -0.39 is 4.92 Å². The van der Waals surface area contributed by atoms with E-state index in [1.165, 1.54) is 12.1 Å². The van der Waals surface area contributed by atoms with Gasteiger partial charge in [-0.15, -0.1) is 0 Å². The summed E-state index contributed by atoms with van der Waals surface area (Å²) in [6, 6.07) is 14.0. The summed E-state index contributed by atoms with van der Waals surface area (Å²) in [6.07, 6.45) is 1.85. The molecule has 0 aliphatic carbocycles. The summed E-state index contributed by atoms with van der Waals surface area (Å²) in [4.78, 5) is 22.7. The molecule has 1 N–H and O–H groups in total. The predicted molar refractivity (Wildman–Crippen MR) is 105 cm³/mol. The van der Waals surface area contributed by atoms with Crippen LogP contribution in [0.4, 0.5) is 5.69 Å². The van der Waals surface area contributed by atoms with Crippen LogP contribution in [0.2, 0.25) is 0 Å². The fraction of sp³-hybridized carbons (Fsp3) is 0.381. The lowest BCUT2D eigenvalue weighted by molar-refractivity contribution is -0.384. The quantitative estimate of drug-likeness (QED) is 0.585. The van der Waals surface area contributed by atoms with Crippen LogP contribution in [-0.4, -0.2) is 37.7 Å². The van der Waals surface area contributed by atoms with E-state index >= 15 is 0 Å². The fourth-order valence-corrected chi connectivity index (χ4v) is 3.53. The van der Waals surface area contributed by atoms with Crippen molar-refractivity contribution in [3.05, 3.63) is 69.8 Å². The van der Waals surface area contributed by atoms with Gasteiger partial charge in [0.05, 0.1) is 18.5 Å². The third-order valence-corrected chi connectivity index (χ3v) is 5.29. The molecule has 3 rings (SSSR count). The van der Waals surface area contributed by atoms with Gasteiger partial charge < -0.3 is 14.8 Å². The molecule has 0 atom stereocenters. The lowest BCUT2D eigenvalue weighted by atomic mass is 9.74. The largest absolute Gasteiger partial charge is 0.497 e. The summed E-state index contributed by atoms with van der Waals surface area (Å²) >= 11 is 0. The maximum atomic E-state index is 12.5. The van der Waals surface area contributed by atoms with E-state index in [-0.39, 0.29) is 23.4 Å². The van der Waals surface area contributed by atoms with Gasteiger partial charge in [-0.05, 0) is 36.1 Å². The zero-order valence-corrected chi connectivity index (χ0v) is 15.8. The minimum Gasteiger partial charge on any atom is -0.497 e. The molecule has 1 heterocycles. The molecular weight excluding hydrogens is 360 g/mol. The Morgan fingerprint density at radius 3 is 2.36 bits per heavy atom. The Morgan fingerprint density at radius 2 is 1.79 bits per heavy atom. The normalized spacial score (nSPS) is 15.6. The molecule has 7 heteroatoms. The molecule has 0 spiro atoms. The summed E-state index contributed by atoms with van der Waals surface area (Å²) in [6.45, 7) is 1.84. The Balaban J connectivity index is 1.66. The molecule has 148 valence electrons. The molecule has 1 aliphatic rings. The number of non-ortho nitro benzene ring substituents is 1. The Hall–Kier alpha value is -2.93. The number of nitro benzene ring substituents is 1. The van der Waals surface area contributed by atoms with E-state index in [2.05, 4.69) is 5.32 Å². The smallest absolute Gasteiger partial charge is 0.269 e. The average Bonchev–Trinajstić information content (AvgIpc) is 2.73. The van der Waals surface area contributed by atoms with E-state index in [0.29, 0.717) is 19.8 Å². The highest BCUT2D eigenvalue weighted by molar-refractivity contribution is 5.78. The zero-order chi connectivity index (χ0) is 20.0. The molecule has 2 aromatic carbocycles. The lowest BCUT2D eigenvalue weighted by Crippen LogP contribution is -2.45. The van der Waals surface area contributed by atoms with Crippen LogP contribution < -0.4 is 10.1 Å². The zero-order valence-electron chi connectivity index (χ0n) is 15.8. The van der Waals surface area contributed by atoms with Crippen LogP contribution in [0.1, 0.15) is 24.0 Å². The molecule has 1 amide bonds. The number of methoxy groups -OCH3 is 1. The van der Waals surface area contributed by atoms with E-state index in [9.17, 15) is 14.9 Å². The monoisotopic (exact) mass is 384 g/mol. The summed E-state index contributed by atoms with van der Waals surface area (Å²) in [5.41, 5.74) is 1.75. The molecule has 1 fully saturated rings. The molecule has 0 bridgehead atoms. The second-order valence-corrected chi connectivity index (χ2v) is 7.00. The van der Waals surface area contributed by atoms with Gasteiger partial charge in [-0.2, -0.15) is 0 Å². The number of hydrogen-bond donors (Lipinski definition) is 1. The molecule has 1 saturated heterocycles. The van der Waals surface area contributed by atoms with Crippen molar-refractivity contribution in [2.75, 3.05) is 26.9 Å². The van der Waals surface area contributed by atoms with Crippen LogP contribution in [0, 0.1) is 10.1 Å². The first-order valence-corrected chi connectivity index (χ1v) is 9.25. The van der Waals surface area contributed by atoms with Crippen LogP contribution in [-0.2, 0) is 21.4 Å². The molecule has 0 saturated carbocycles. The fourth-order valence-electron chi connectivity index (χ4n) is 3.53. The van der Waals surface area contributed by atoms with Gasteiger partial charge in [0, 0.05) is 37.3 Å². The number of nitrogens with one attached hydrogen (secondary N) is 1. The van der Waals surface area contributed by atoms with Gasteiger partial charge in [-0.1, -0.05) is 24.3 Å². The number of benzene rings is 2. The second kappa shape index (κ2) is 8.84. The minimum absolute atomic E-state index is 0.0184. The molecule has 0 aromatic heterocycles. The van der Waals surface area contributed by atoms with Crippen molar-refractivity contribution in [1.82, 2.24) is 5.32 Å². The van der Waals surface area contributed by atoms with Crippen LogP contribution in [0.15, 0.2) is 48.5 Å². The van der Waals surface area contributed by atoms with Gasteiger partial charge >= 0.3 is 0 Å². The van der Waals surface area contributed by atoms with Gasteiger partial charge in [0.15, 0.2) is 0 Å². The van der Waals surface area contributed by atoms with Crippen molar-refractivity contribution in [3.63, 3.8) is 0 Å². The topological polar surface area (TPSA) is 90.7 Å². The maximum Gasteiger partial charge on any atom is 0.269 e. The number of rotatable bonds is 7. The van der Waals surface area contributed by atoms with Crippen LogP contribution >= 0.6 is 0 Å². The van der Waals surface area contributed by atoms with Gasteiger partial charge in [-0.3, -0.25) is 14.9 Å². The Bertz CT molecular complexity index is 812. The third-order valence-electron chi connectivity index (χ3n) is 5.29. The first-order chi connectivity index (χ1) is 13.5. The van der Waals surface area contributed by atoms with Gasteiger partial charge in [0.1, 0.15) is 5.75 Å². The van der Waals surface area contributed by atoms with E-state index in [0.717, 1.165) is 29.7 Å². The van der Waals surface area contributed by atoms with Gasteiger partial charge in [0.25, 0.3) is 5.69 Å². The molecule has 2 aromatic rings. The molecule has 0 unspecified atom stereocenters. The van der Waals surface area contributed by atoms with Crippen molar-refractivity contribution in [3.8, 4) is 5.75 Å². The summed E-state index contributed by atoms with van der Waals surface area (Å²) in [7, 11) is 1.64. The first kappa shape index (κ1) is 19.8. The summed E-state index contributed by atoms with van der Waals surface area (Å²) in [5, 5.41) is 13.8. The first-order valence-electron chi connectivity index (χ1n) is 9.25. The van der Waals surface area contributed by atoms with Gasteiger partial charge in [-0.25, -0.2) is 0 Å². The number of ether oxygens (including phenoxy) is 2. The van der Waals surface area contributed by atoms with E-state index in [1.54, 1.807) is 19.2 Å². The highest BCUT2D eigenvalue weighted by Gasteiger charge is 2.34. The Labute approximate surface area is 163 Å². The van der Waals surface area contributed by atoms with Gasteiger partial charge in [0.2, 0.25) is 5.91 Å². The lowest BCUT2D eigenvalue weighted by Gasteiger charge is -2.38. The van der Waals surface area contributed by atoms with E-state index in [1.807, 2.05) is 24.3 Å². The molecule has 0 radical (unpaired) electrons. The van der Waals surface area contributed by atoms with Crippen molar-refractivity contribution < 1.29 is 19.2 Å². The highest BCUT2D eigenvalue weighted by Crippen LogP contribution is 2.35. The van der Waals surface area contributed by atoms with Crippen molar-refractivity contribution in [2.24, 2.45) is 0 Å². The number of nitrogens with zero attached hydrogens (tertiary/aromatic N) is 1. The van der Waals surface area contributed by atoms with Crippen molar-refractivity contribution in [1.29, 1.82) is 0 Å². The predicted octanol–water partition coefficient (Wildman–Crippen LogP) is 3.01. The second-order valence-electron chi connectivity index (χ2n) is 7.00. The number of amides is 1. The number of nitro groups is 1. The molecule has 28 heavy (non-hydrogen) atoms. The Kier molecular flexibility index (Phi) is 6.26. The molecule has 7 nitrogen and oxygen atoms in total. The van der Waals surface area contributed by atoms with Crippen molar-refractivity contribution >= 4 is 11.6 Å². The van der Waals surface area contributed by atoms with Crippen LogP contribution in [0.5, 0.6) is 5.75 Å². The van der Waals surface area contributed by atoms with Crippen molar-refractivity contribution in [2.45, 2.75) is 24.7 Å². The summed E-state index contributed by atoms with van der Waals surface area (Å²) < 4.78 is 10.8. The number of carbonyl (C=O) groups is 1. The molecular formula is C21H24N2O5. The van der Waals surface area contributed by atoms with E-state index in [4.69, 9.17) is 9.47 Å². The van der Waals surface area contributed by atoms with Crippen LogP contribution in [0.3, 0.4) is 0 Å². The maximum absolute atomic E-state index is 12.5.